The van der Waals surface area contributed by atoms with E-state index >= 15 is 0 Å². The van der Waals surface area contributed by atoms with Gasteiger partial charge in [0, 0.05) is 24.1 Å². The van der Waals surface area contributed by atoms with Crippen LogP contribution in [0.3, 0.4) is 0 Å². The van der Waals surface area contributed by atoms with Gasteiger partial charge in [0.25, 0.3) is 5.91 Å². The average molecular weight is 368 g/mol. The number of carboxylic acids is 1. The fourth-order valence-electron chi connectivity index (χ4n) is 2.19. The van der Waals surface area contributed by atoms with Crippen LogP contribution in [0.5, 0.6) is 0 Å². The van der Waals surface area contributed by atoms with E-state index < -0.39 is 58.0 Å². The maximum Gasteiger partial charge on any atom is 0.326 e. The van der Waals surface area contributed by atoms with Crippen LogP contribution in [0.25, 0.3) is 0 Å². The van der Waals surface area contributed by atoms with Gasteiger partial charge in [0.05, 0.1) is 4.92 Å². The van der Waals surface area contributed by atoms with E-state index in [9.17, 15) is 38.0 Å². The first kappa shape index (κ1) is 18.9. The van der Waals surface area contributed by atoms with Gasteiger partial charge in [-0.3, -0.25) is 14.9 Å². The lowest BCUT2D eigenvalue weighted by Gasteiger charge is -2.15. The van der Waals surface area contributed by atoms with Gasteiger partial charge in [-0.1, -0.05) is 6.07 Å². The van der Waals surface area contributed by atoms with Crippen molar-refractivity contribution >= 4 is 17.6 Å². The van der Waals surface area contributed by atoms with E-state index in [0.29, 0.717) is 6.07 Å². The highest BCUT2D eigenvalue weighted by molar-refractivity contribution is 5.96. The zero-order chi connectivity index (χ0) is 19.4. The Balaban J connectivity index is 2.22. The lowest BCUT2D eigenvalue weighted by Crippen LogP contribution is -2.42. The third-order valence-corrected chi connectivity index (χ3v) is 3.38. The van der Waals surface area contributed by atoms with Gasteiger partial charge in [-0.2, -0.15) is 4.39 Å². The number of hydrogen-bond donors (Lipinski definition) is 2. The molecule has 2 aromatic rings. The van der Waals surface area contributed by atoms with Crippen LogP contribution in [0, 0.1) is 27.6 Å². The number of carboxylic acid groups (broad SMARTS) is 1. The number of rotatable bonds is 6. The highest BCUT2D eigenvalue weighted by Crippen LogP contribution is 2.19. The Morgan fingerprint density at radius 2 is 1.73 bits per heavy atom. The Bertz CT molecular complexity index is 868. The summed E-state index contributed by atoms with van der Waals surface area (Å²) in [6.45, 7) is 0. The van der Waals surface area contributed by atoms with Crippen LogP contribution < -0.4 is 5.32 Å². The number of nitro benzene ring substituents is 1. The summed E-state index contributed by atoms with van der Waals surface area (Å²) in [5, 5.41) is 22.0. The monoisotopic (exact) mass is 368 g/mol. The van der Waals surface area contributed by atoms with Gasteiger partial charge in [-0.15, -0.1) is 0 Å². The normalized spacial score (nSPS) is 11.7. The summed E-state index contributed by atoms with van der Waals surface area (Å²) in [6, 6.07) is 3.21. The number of nitrogens with zero attached hydrogens (tertiary/aromatic N) is 1. The molecule has 0 saturated heterocycles. The van der Waals surface area contributed by atoms with Crippen molar-refractivity contribution in [2.75, 3.05) is 0 Å². The standard InChI is InChI=1S/C16H11F3N2O5/c17-10-5-9(6-11(18)7-10)15(22)20-13(16(23)24)3-8-1-2-12(19)14(4-8)21(25)26/h1-2,4-7,13H,3H2,(H,20,22)(H,23,24)/t13-/m1/s1. The summed E-state index contributed by atoms with van der Waals surface area (Å²) in [5.74, 6) is -5.66. The van der Waals surface area contributed by atoms with Gasteiger partial charge < -0.3 is 10.4 Å². The number of hydrogen-bond acceptors (Lipinski definition) is 4. The van der Waals surface area contributed by atoms with Gasteiger partial charge in [-0.05, 0) is 23.8 Å². The lowest BCUT2D eigenvalue weighted by molar-refractivity contribution is -0.387. The summed E-state index contributed by atoms with van der Waals surface area (Å²) < 4.78 is 39.6. The van der Waals surface area contributed by atoms with E-state index in [1.807, 2.05) is 0 Å². The molecule has 0 aliphatic carbocycles. The van der Waals surface area contributed by atoms with Crippen molar-refractivity contribution in [1.29, 1.82) is 0 Å². The summed E-state index contributed by atoms with van der Waals surface area (Å²) in [5.41, 5.74) is -1.19. The van der Waals surface area contributed by atoms with Crippen molar-refractivity contribution in [3.63, 3.8) is 0 Å². The van der Waals surface area contributed by atoms with E-state index in [4.69, 9.17) is 0 Å². The van der Waals surface area contributed by atoms with Crippen LogP contribution in [0.15, 0.2) is 36.4 Å². The molecule has 1 atom stereocenters. The first-order valence-corrected chi connectivity index (χ1v) is 7.10. The number of benzene rings is 2. The summed E-state index contributed by atoms with van der Waals surface area (Å²) in [7, 11) is 0. The van der Waals surface area contributed by atoms with Crippen LogP contribution in [-0.2, 0) is 11.2 Å². The molecule has 10 heteroatoms. The minimum atomic E-state index is -1.56. The highest BCUT2D eigenvalue weighted by atomic mass is 19.1. The Kier molecular flexibility index (Phi) is 5.55. The molecule has 0 heterocycles. The van der Waals surface area contributed by atoms with Gasteiger partial charge in [0.15, 0.2) is 0 Å². The van der Waals surface area contributed by atoms with Crippen LogP contribution in [0.1, 0.15) is 15.9 Å². The summed E-state index contributed by atoms with van der Waals surface area (Å²) in [4.78, 5) is 33.1. The molecule has 0 aliphatic heterocycles. The largest absolute Gasteiger partial charge is 0.480 e. The van der Waals surface area contributed by atoms with E-state index in [1.165, 1.54) is 0 Å². The second-order valence-electron chi connectivity index (χ2n) is 5.27. The Morgan fingerprint density at radius 1 is 1.12 bits per heavy atom. The highest BCUT2D eigenvalue weighted by Gasteiger charge is 2.23. The van der Waals surface area contributed by atoms with E-state index in [0.717, 1.165) is 30.3 Å². The van der Waals surface area contributed by atoms with E-state index in [1.54, 1.807) is 0 Å². The molecule has 136 valence electrons. The maximum atomic E-state index is 13.3. The molecule has 0 unspecified atom stereocenters. The number of amides is 1. The van der Waals surface area contributed by atoms with E-state index in [2.05, 4.69) is 5.32 Å². The van der Waals surface area contributed by atoms with Crippen molar-refractivity contribution in [2.45, 2.75) is 12.5 Å². The molecule has 0 fully saturated rings. The molecule has 0 aliphatic rings. The zero-order valence-electron chi connectivity index (χ0n) is 12.9. The molecular weight excluding hydrogens is 357 g/mol. The van der Waals surface area contributed by atoms with Crippen LogP contribution in [-0.4, -0.2) is 27.9 Å². The van der Waals surface area contributed by atoms with Gasteiger partial charge in [-0.25, -0.2) is 13.6 Å². The molecule has 2 N–H and O–H groups in total. The second-order valence-corrected chi connectivity index (χ2v) is 5.27. The molecule has 0 radical (unpaired) electrons. The van der Waals surface area contributed by atoms with Gasteiger partial charge in [0.2, 0.25) is 5.82 Å². The molecule has 1 amide bonds. The molecule has 0 aromatic heterocycles. The van der Waals surface area contributed by atoms with Gasteiger partial charge >= 0.3 is 11.7 Å². The lowest BCUT2D eigenvalue weighted by atomic mass is 10.0. The van der Waals surface area contributed by atoms with Crippen molar-refractivity contribution in [1.82, 2.24) is 5.32 Å². The maximum absolute atomic E-state index is 13.3. The van der Waals surface area contributed by atoms with Crippen LogP contribution >= 0.6 is 0 Å². The third-order valence-electron chi connectivity index (χ3n) is 3.38. The zero-order valence-corrected chi connectivity index (χ0v) is 12.9. The Labute approximate surface area is 144 Å². The first-order chi connectivity index (χ1) is 12.2. The van der Waals surface area contributed by atoms with Crippen molar-refractivity contribution < 1.29 is 32.8 Å². The molecular formula is C16H11F3N2O5. The average Bonchev–Trinajstić information content (AvgIpc) is 2.54. The molecule has 0 saturated carbocycles. The molecule has 2 rings (SSSR count). The number of nitrogens with one attached hydrogen (secondary N) is 1. The molecule has 26 heavy (non-hydrogen) atoms. The molecule has 7 nitrogen and oxygen atoms in total. The topological polar surface area (TPSA) is 110 Å². The fourth-order valence-corrected chi connectivity index (χ4v) is 2.19. The molecule has 0 spiro atoms. The van der Waals surface area contributed by atoms with Crippen molar-refractivity contribution in [2.24, 2.45) is 0 Å². The fraction of sp³-hybridized carbons (Fsp3) is 0.125. The minimum absolute atomic E-state index is 0.0798. The second kappa shape index (κ2) is 7.64. The first-order valence-electron chi connectivity index (χ1n) is 7.10. The minimum Gasteiger partial charge on any atom is -0.480 e. The smallest absolute Gasteiger partial charge is 0.326 e. The Morgan fingerprint density at radius 3 is 2.27 bits per heavy atom. The van der Waals surface area contributed by atoms with Crippen molar-refractivity contribution in [3.05, 3.63) is 75.1 Å². The summed E-state index contributed by atoms with van der Waals surface area (Å²) in [6.07, 6.45) is -0.403. The number of carbonyl (C=O) groups is 2. The number of nitro groups is 1. The number of halogens is 3. The third kappa shape index (κ3) is 4.56. The molecule has 2 aromatic carbocycles. The number of carbonyl (C=O) groups excluding carboxylic acids is 1. The predicted octanol–water partition coefficient (Wildman–Crippen LogP) is 2.44. The summed E-state index contributed by atoms with van der Waals surface area (Å²) >= 11 is 0. The van der Waals surface area contributed by atoms with E-state index in [-0.39, 0.29) is 5.56 Å². The quantitative estimate of drug-likeness (QED) is 0.601. The Hall–Kier alpha value is -3.43. The van der Waals surface area contributed by atoms with Crippen molar-refractivity contribution in [3.8, 4) is 0 Å². The van der Waals surface area contributed by atoms with Crippen LogP contribution in [0.2, 0.25) is 0 Å². The number of aliphatic carboxylic acids is 1. The SMILES string of the molecule is O=C(N[C@H](Cc1ccc(F)c([N+](=O)[O-])c1)C(=O)O)c1cc(F)cc(F)c1. The van der Waals surface area contributed by atoms with Gasteiger partial charge in [0.1, 0.15) is 17.7 Å². The van der Waals surface area contributed by atoms with Crippen LogP contribution in [0.4, 0.5) is 18.9 Å². The molecule has 0 bridgehead atoms. The predicted molar refractivity (Wildman–Crippen MR) is 82.0 cm³/mol.